The highest BCUT2D eigenvalue weighted by atomic mass is 16.3. The number of amides is 1. The van der Waals surface area contributed by atoms with Gasteiger partial charge in [0, 0.05) is 38.5 Å². The van der Waals surface area contributed by atoms with Crippen molar-refractivity contribution in [2.24, 2.45) is 0 Å². The molecular weight excluding hydrogens is 316 g/mol. The molecule has 2 aromatic rings. The van der Waals surface area contributed by atoms with E-state index in [1.54, 1.807) is 12.3 Å². The summed E-state index contributed by atoms with van der Waals surface area (Å²) in [7, 11) is 0. The predicted molar refractivity (Wildman–Crippen MR) is 96.3 cm³/mol. The molecule has 0 radical (unpaired) electrons. The van der Waals surface area contributed by atoms with Crippen LogP contribution in [0.3, 0.4) is 0 Å². The van der Waals surface area contributed by atoms with E-state index >= 15 is 0 Å². The van der Waals surface area contributed by atoms with Gasteiger partial charge in [-0.05, 0) is 37.4 Å². The van der Waals surface area contributed by atoms with Gasteiger partial charge in [0.05, 0.1) is 0 Å². The van der Waals surface area contributed by atoms with E-state index < -0.39 is 0 Å². The van der Waals surface area contributed by atoms with Gasteiger partial charge in [-0.15, -0.1) is 0 Å². The molecule has 0 aliphatic carbocycles. The van der Waals surface area contributed by atoms with Gasteiger partial charge in [-0.1, -0.05) is 30.3 Å². The molecule has 1 amide bonds. The molecule has 0 unspecified atom stereocenters. The second kappa shape index (κ2) is 8.78. The quantitative estimate of drug-likeness (QED) is 0.801. The van der Waals surface area contributed by atoms with Crippen LogP contribution < -0.4 is 0 Å². The Morgan fingerprint density at radius 3 is 2.80 bits per heavy atom. The summed E-state index contributed by atoms with van der Waals surface area (Å²) >= 11 is 0. The Morgan fingerprint density at radius 1 is 1.24 bits per heavy atom. The highest BCUT2D eigenvalue weighted by molar-refractivity contribution is 5.92. The van der Waals surface area contributed by atoms with E-state index in [2.05, 4.69) is 39.4 Å². The minimum atomic E-state index is -0.00984. The summed E-state index contributed by atoms with van der Waals surface area (Å²) in [5.41, 5.74) is 1.88. The Hall–Kier alpha value is -2.18. The first-order valence-electron chi connectivity index (χ1n) is 8.95. The Balaban J connectivity index is 1.53. The van der Waals surface area contributed by atoms with Gasteiger partial charge in [-0.25, -0.2) is 0 Å². The normalized spacial score (nSPS) is 18.4. The Kier molecular flexibility index (Phi) is 6.19. The van der Waals surface area contributed by atoms with E-state index in [1.165, 1.54) is 5.56 Å². The van der Waals surface area contributed by atoms with E-state index in [9.17, 15) is 9.90 Å². The predicted octanol–water partition coefficient (Wildman–Crippen LogP) is 1.55. The van der Waals surface area contributed by atoms with Gasteiger partial charge in [-0.2, -0.15) is 5.10 Å². The Bertz CT molecular complexity index is 645. The van der Waals surface area contributed by atoms with Gasteiger partial charge in [0.1, 0.15) is 5.69 Å². The number of hydrogen-bond acceptors (Lipinski definition) is 4. The van der Waals surface area contributed by atoms with Crippen LogP contribution in [0.1, 0.15) is 28.9 Å². The molecule has 0 saturated carbocycles. The second-order valence-electron chi connectivity index (χ2n) is 6.51. The van der Waals surface area contributed by atoms with Crippen LogP contribution in [0.25, 0.3) is 0 Å². The number of aliphatic hydroxyl groups excluding tert-OH is 1. The number of aromatic nitrogens is 2. The number of carbonyl (C=O) groups is 1. The van der Waals surface area contributed by atoms with Crippen molar-refractivity contribution in [2.75, 3.05) is 32.8 Å². The van der Waals surface area contributed by atoms with Crippen LogP contribution in [0.4, 0.5) is 0 Å². The molecule has 134 valence electrons. The number of benzene rings is 1. The molecule has 1 fully saturated rings. The minimum absolute atomic E-state index is 0.00984. The molecule has 0 spiro atoms. The molecule has 1 aliphatic rings. The lowest BCUT2D eigenvalue weighted by Crippen LogP contribution is -2.55. The molecule has 6 nitrogen and oxygen atoms in total. The summed E-state index contributed by atoms with van der Waals surface area (Å²) in [5, 5.41) is 16.0. The first-order chi connectivity index (χ1) is 12.3. The van der Waals surface area contributed by atoms with E-state index in [0.717, 1.165) is 25.9 Å². The summed E-state index contributed by atoms with van der Waals surface area (Å²) < 4.78 is 0. The third-order valence-electron chi connectivity index (χ3n) is 4.84. The summed E-state index contributed by atoms with van der Waals surface area (Å²) in [6.07, 6.45) is 4.43. The van der Waals surface area contributed by atoms with Crippen molar-refractivity contribution in [3.8, 4) is 0 Å². The molecule has 1 aromatic carbocycles. The van der Waals surface area contributed by atoms with Crippen molar-refractivity contribution in [3.05, 3.63) is 53.9 Å². The number of hydrogen-bond donors (Lipinski definition) is 2. The van der Waals surface area contributed by atoms with Gasteiger partial charge in [0.15, 0.2) is 0 Å². The first-order valence-corrected chi connectivity index (χ1v) is 8.95. The molecular formula is C19H26N4O2. The number of aryl methyl sites for hydroxylation is 1. The van der Waals surface area contributed by atoms with Crippen molar-refractivity contribution >= 4 is 5.91 Å². The van der Waals surface area contributed by atoms with E-state index in [1.807, 2.05) is 11.0 Å². The van der Waals surface area contributed by atoms with E-state index in [-0.39, 0.29) is 18.6 Å². The molecule has 25 heavy (non-hydrogen) atoms. The maximum absolute atomic E-state index is 12.5. The summed E-state index contributed by atoms with van der Waals surface area (Å²) in [5.74, 6) is -0.00984. The van der Waals surface area contributed by atoms with Crippen molar-refractivity contribution in [2.45, 2.75) is 25.3 Å². The zero-order valence-corrected chi connectivity index (χ0v) is 14.5. The molecule has 1 aromatic heterocycles. The van der Waals surface area contributed by atoms with Crippen LogP contribution in [-0.2, 0) is 6.42 Å². The largest absolute Gasteiger partial charge is 0.396 e. The monoisotopic (exact) mass is 342 g/mol. The molecule has 0 bridgehead atoms. The van der Waals surface area contributed by atoms with Crippen LogP contribution in [0, 0.1) is 0 Å². The minimum Gasteiger partial charge on any atom is -0.396 e. The lowest BCUT2D eigenvalue weighted by Gasteiger charge is -2.41. The molecule has 6 heteroatoms. The van der Waals surface area contributed by atoms with Crippen molar-refractivity contribution < 1.29 is 9.90 Å². The number of aromatic amines is 1. The lowest BCUT2D eigenvalue weighted by atomic mass is 10.1. The molecule has 2 N–H and O–H groups in total. The molecule has 1 aliphatic heterocycles. The lowest BCUT2D eigenvalue weighted by molar-refractivity contribution is 0.0414. The SMILES string of the molecule is O=C(c1ccn[nH]1)N1CCN(CCCc2ccccc2)[C@@H](CCO)C1. The van der Waals surface area contributed by atoms with Gasteiger partial charge >= 0.3 is 0 Å². The van der Waals surface area contributed by atoms with Crippen LogP contribution in [0.2, 0.25) is 0 Å². The van der Waals surface area contributed by atoms with Gasteiger partial charge in [-0.3, -0.25) is 14.8 Å². The smallest absolute Gasteiger partial charge is 0.271 e. The highest BCUT2D eigenvalue weighted by Gasteiger charge is 2.29. The summed E-state index contributed by atoms with van der Waals surface area (Å²) in [4.78, 5) is 16.8. The molecule has 2 heterocycles. The number of carbonyl (C=O) groups excluding carboxylic acids is 1. The molecule has 3 rings (SSSR count). The standard InChI is InChI=1S/C19H26N4O2/c24-14-9-17-15-23(19(25)18-8-10-20-21-18)13-12-22(17)11-4-7-16-5-2-1-3-6-16/h1-3,5-6,8,10,17,24H,4,7,9,11-15H2,(H,20,21)/t17-/m0/s1. The average Bonchev–Trinajstić information content (AvgIpc) is 3.18. The van der Waals surface area contributed by atoms with Crippen LogP contribution in [0.5, 0.6) is 0 Å². The van der Waals surface area contributed by atoms with Crippen molar-refractivity contribution in [1.82, 2.24) is 20.0 Å². The second-order valence-corrected chi connectivity index (χ2v) is 6.51. The van der Waals surface area contributed by atoms with Gasteiger partial charge < -0.3 is 10.0 Å². The maximum atomic E-state index is 12.5. The van der Waals surface area contributed by atoms with Crippen molar-refractivity contribution in [3.63, 3.8) is 0 Å². The van der Waals surface area contributed by atoms with Crippen LogP contribution >= 0.6 is 0 Å². The van der Waals surface area contributed by atoms with Crippen molar-refractivity contribution in [1.29, 1.82) is 0 Å². The van der Waals surface area contributed by atoms with Crippen LogP contribution in [0.15, 0.2) is 42.6 Å². The fraction of sp³-hybridized carbons (Fsp3) is 0.474. The first kappa shape index (κ1) is 17.6. The summed E-state index contributed by atoms with van der Waals surface area (Å²) in [6, 6.07) is 12.4. The number of aliphatic hydroxyl groups is 1. The van der Waals surface area contributed by atoms with Gasteiger partial charge in [0.25, 0.3) is 5.91 Å². The number of nitrogens with one attached hydrogen (secondary N) is 1. The highest BCUT2D eigenvalue weighted by Crippen LogP contribution is 2.16. The molecule has 1 atom stereocenters. The number of piperazine rings is 1. The third kappa shape index (κ3) is 4.67. The third-order valence-corrected chi connectivity index (χ3v) is 4.84. The maximum Gasteiger partial charge on any atom is 0.271 e. The average molecular weight is 342 g/mol. The Labute approximate surface area is 148 Å². The van der Waals surface area contributed by atoms with Gasteiger partial charge in [0.2, 0.25) is 0 Å². The number of H-pyrrole nitrogens is 1. The number of rotatable bonds is 7. The van der Waals surface area contributed by atoms with Crippen LogP contribution in [-0.4, -0.2) is 69.8 Å². The van der Waals surface area contributed by atoms with E-state index in [4.69, 9.17) is 0 Å². The zero-order valence-electron chi connectivity index (χ0n) is 14.5. The fourth-order valence-electron chi connectivity index (χ4n) is 3.47. The molecule has 1 saturated heterocycles. The zero-order chi connectivity index (χ0) is 17.5. The topological polar surface area (TPSA) is 72.5 Å². The summed E-state index contributed by atoms with van der Waals surface area (Å²) in [6.45, 7) is 3.35. The van der Waals surface area contributed by atoms with E-state index in [0.29, 0.717) is 25.2 Å². The fourth-order valence-corrected chi connectivity index (χ4v) is 3.47. The number of nitrogens with zero attached hydrogens (tertiary/aromatic N) is 3. The Morgan fingerprint density at radius 2 is 2.08 bits per heavy atom.